The van der Waals surface area contributed by atoms with Gasteiger partial charge < -0.3 is 5.32 Å². The number of alkyl halides is 3. The van der Waals surface area contributed by atoms with Gasteiger partial charge in [0.15, 0.2) is 0 Å². The van der Waals surface area contributed by atoms with Gasteiger partial charge in [-0.05, 0) is 31.0 Å². The molecule has 1 aliphatic rings. The van der Waals surface area contributed by atoms with Crippen LogP contribution in [0.15, 0.2) is 18.2 Å². The lowest BCUT2D eigenvalue weighted by Gasteiger charge is -2.14. The van der Waals surface area contributed by atoms with Crippen LogP contribution in [-0.4, -0.2) is 11.5 Å². The van der Waals surface area contributed by atoms with E-state index < -0.39 is 22.4 Å². The highest BCUT2D eigenvalue weighted by Gasteiger charge is 2.38. The standard InChI is InChI=1S/C11H11F3N2O2/c12-11(13,14)8-6-7(9-2-1-5-15-9)3-4-10(8)16(17)18/h3-4,6,9,15H,1-2,5H2. The predicted octanol–water partition coefficient (Wildman–Crippen LogP) is 3.04. The lowest BCUT2D eigenvalue weighted by Crippen LogP contribution is -2.15. The molecule has 1 saturated heterocycles. The smallest absolute Gasteiger partial charge is 0.310 e. The maximum Gasteiger partial charge on any atom is 0.423 e. The summed E-state index contributed by atoms with van der Waals surface area (Å²) in [5.41, 5.74) is -1.63. The molecule has 2 rings (SSSR count). The highest BCUT2D eigenvalue weighted by molar-refractivity contribution is 5.45. The Bertz CT molecular complexity index is 468. The van der Waals surface area contributed by atoms with Crippen molar-refractivity contribution in [2.24, 2.45) is 0 Å². The van der Waals surface area contributed by atoms with Crippen LogP contribution in [0, 0.1) is 10.1 Å². The van der Waals surface area contributed by atoms with Gasteiger partial charge >= 0.3 is 6.18 Å². The molecule has 7 heteroatoms. The second kappa shape index (κ2) is 4.56. The SMILES string of the molecule is O=[N+]([O-])c1ccc(C2CCCN2)cc1C(F)(F)F. The number of halogens is 3. The highest BCUT2D eigenvalue weighted by Crippen LogP contribution is 2.38. The van der Waals surface area contributed by atoms with Crippen LogP contribution in [0.5, 0.6) is 0 Å². The predicted molar refractivity (Wildman–Crippen MR) is 58.1 cm³/mol. The topological polar surface area (TPSA) is 55.2 Å². The van der Waals surface area contributed by atoms with Gasteiger partial charge in [0.05, 0.1) is 4.92 Å². The number of nitrogens with one attached hydrogen (secondary N) is 1. The Hall–Kier alpha value is -1.63. The zero-order valence-corrected chi connectivity index (χ0v) is 9.33. The van der Waals surface area contributed by atoms with Crippen molar-refractivity contribution in [2.75, 3.05) is 6.54 Å². The molecule has 0 saturated carbocycles. The summed E-state index contributed by atoms with van der Waals surface area (Å²) in [7, 11) is 0. The fraction of sp³-hybridized carbons (Fsp3) is 0.455. The second-order valence-corrected chi connectivity index (χ2v) is 4.18. The summed E-state index contributed by atoms with van der Waals surface area (Å²) >= 11 is 0. The highest BCUT2D eigenvalue weighted by atomic mass is 19.4. The maximum atomic E-state index is 12.8. The van der Waals surface area contributed by atoms with Gasteiger partial charge in [-0.25, -0.2) is 0 Å². The van der Waals surface area contributed by atoms with Gasteiger partial charge in [-0.3, -0.25) is 10.1 Å². The minimum absolute atomic E-state index is 0.146. The number of rotatable bonds is 2. The molecule has 1 aromatic rings. The largest absolute Gasteiger partial charge is 0.423 e. The van der Waals surface area contributed by atoms with Gasteiger partial charge in [-0.1, -0.05) is 6.07 Å². The molecule has 0 amide bonds. The number of nitro groups is 1. The Morgan fingerprint density at radius 1 is 1.39 bits per heavy atom. The van der Waals surface area contributed by atoms with Gasteiger partial charge in [0.1, 0.15) is 5.56 Å². The monoisotopic (exact) mass is 260 g/mol. The molecule has 0 radical (unpaired) electrons. The number of hydrogen-bond acceptors (Lipinski definition) is 3. The molecule has 1 N–H and O–H groups in total. The molecule has 18 heavy (non-hydrogen) atoms. The molecule has 98 valence electrons. The normalized spacial score (nSPS) is 20.1. The van der Waals surface area contributed by atoms with E-state index in [2.05, 4.69) is 5.32 Å². The van der Waals surface area contributed by atoms with E-state index in [0.29, 0.717) is 5.56 Å². The molecule has 1 unspecified atom stereocenters. The number of hydrogen-bond donors (Lipinski definition) is 1. The fourth-order valence-electron chi connectivity index (χ4n) is 2.13. The molecule has 1 fully saturated rings. The first kappa shape index (κ1) is 12.8. The molecule has 0 aliphatic carbocycles. The molecule has 1 aromatic carbocycles. The van der Waals surface area contributed by atoms with Crippen LogP contribution in [0.3, 0.4) is 0 Å². The summed E-state index contributed by atoms with van der Waals surface area (Å²) in [5.74, 6) is 0. The quantitative estimate of drug-likeness (QED) is 0.656. The van der Waals surface area contributed by atoms with E-state index in [0.717, 1.165) is 31.5 Å². The molecule has 0 spiro atoms. The van der Waals surface area contributed by atoms with Crippen molar-refractivity contribution in [3.8, 4) is 0 Å². The molecule has 0 bridgehead atoms. The Balaban J connectivity index is 2.45. The van der Waals surface area contributed by atoms with Crippen molar-refractivity contribution in [3.63, 3.8) is 0 Å². The van der Waals surface area contributed by atoms with Gasteiger partial charge in [0, 0.05) is 12.1 Å². The van der Waals surface area contributed by atoms with E-state index in [9.17, 15) is 23.3 Å². The third-order valence-corrected chi connectivity index (χ3v) is 2.99. The molecule has 1 atom stereocenters. The number of nitrogens with zero attached hydrogens (tertiary/aromatic N) is 1. The molecular formula is C11H11F3N2O2. The van der Waals surface area contributed by atoms with Gasteiger partial charge in [0.25, 0.3) is 5.69 Å². The Morgan fingerprint density at radius 2 is 2.11 bits per heavy atom. The van der Waals surface area contributed by atoms with Crippen LogP contribution in [-0.2, 0) is 6.18 Å². The van der Waals surface area contributed by atoms with Crippen molar-refractivity contribution in [3.05, 3.63) is 39.4 Å². The van der Waals surface area contributed by atoms with Crippen LogP contribution in [0.4, 0.5) is 18.9 Å². The van der Waals surface area contributed by atoms with E-state index in [-0.39, 0.29) is 6.04 Å². The zero-order valence-electron chi connectivity index (χ0n) is 9.33. The van der Waals surface area contributed by atoms with Gasteiger partial charge in [-0.15, -0.1) is 0 Å². The van der Waals surface area contributed by atoms with Crippen molar-refractivity contribution in [1.29, 1.82) is 0 Å². The lowest BCUT2D eigenvalue weighted by molar-refractivity contribution is -0.388. The van der Waals surface area contributed by atoms with Crippen molar-refractivity contribution < 1.29 is 18.1 Å². The second-order valence-electron chi connectivity index (χ2n) is 4.18. The first-order valence-electron chi connectivity index (χ1n) is 5.48. The van der Waals surface area contributed by atoms with Crippen LogP contribution in [0.25, 0.3) is 0 Å². The van der Waals surface area contributed by atoms with E-state index >= 15 is 0 Å². The van der Waals surface area contributed by atoms with Crippen LogP contribution < -0.4 is 5.32 Å². The summed E-state index contributed by atoms with van der Waals surface area (Å²) in [5, 5.41) is 13.7. The van der Waals surface area contributed by atoms with E-state index in [1.807, 2.05) is 0 Å². The number of nitro benzene ring substituents is 1. The van der Waals surface area contributed by atoms with Crippen molar-refractivity contribution in [1.82, 2.24) is 5.32 Å². The Morgan fingerprint density at radius 3 is 2.61 bits per heavy atom. The molecule has 1 heterocycles. The third kappa shape index (κ3) is 2.45. The third-order valence-electron chi connectivity index (χ3n) is 2.99. The summed E-state index contributed by atoms with van der Waals surface area (Å²) in [6.07, 6.45) is -3.07. The number of benzene rings is 1. The van der Waals surface area contributed by atoms with E-state index in [4.69, 9.17) is 0 Å². The fourth-order valence-corrected chi connectivity index (χ4v) is 2.13. The Labute approximate surface area is 101 Å². The molecule has 0 aromatic heterocycles. The van der Waals surface area contributed by atoms with E-state index in [1.54, 1.807) is 0 Å². The Kier molecular flexibility index (Phi) is 3.25. The van der Waals surface area contributed by atoms with Crippen molar-refractivity contribution >= 4 is 5.69 Å². The average molecular weight is 260 g/mol. The summed E-state index contributed by atoms with van der Waals surface area (Å²) in [6, 6.07) is 3.04. The molecule has 1 aliphatic heterocycles. The van der Waals surface area contributed by atoms with Crippen LogP contribution in [0.1, 0.15) is 30.0 Å². The van der Waals surface area contributed by atoms with Crippen LogP contribution in [0.2, 0.25) is 0 Å². The van der Waals surface area contributed by atoms with E-state index in [1.165, 1.54) is 6.07 Å². The minimum Gasteiger partial charge on any atom is -0.310 e. The zero-order chi connectivity index (χ0) is 13.3. The van der Waals surface area contributed by atoms with Crippen LogP contribution >= 0.6 is 0 Å². The van der Waals surface area contributed by atoms with Gasteiger partial charge in [0.2, 0.25) is 0 Å². The lowest BCUT2D eigenvalue weighted by atomic mass is 10.0. The first-order chi connectivity index (χ1) is 8.39. The first-order valence-corrected chi connectivity index (χ1v) is 5.48. The molecular weight excluding hydrogens is 249 g/mol. The summed E-state index contributed by atoms with van der Waals surface area (Å²) in [6.45, 7) is 0.753. The molecule has 4 nitrogen and oxygen atoms in total. The van der Waals surface area contributed by atoms with Crippen molar-refractivity contribution in [2.45, 2.75) is 25.1 Å². The average Bonchev–Trinajstić information content (AvgIpc) is 2.80. The summed E-state index contributed by atoms with van der Waals surface area (Å²) in [4.78, 5) is 9.59. The minimum atomic E-state index is -4.71. The summed E-state index contributed by atoms with van der Waals surface area (Å²) < 4.78 is 38.3. The maximum absolute atomic E-state index is 12.8. The van der Waals surface area contributed by atoms with Gasteiger partial charge in [-0.2, -0.15) is 13.2 Å².